The lowest BCUT2D eigenvalue weighted by molar-refractivity contribution is -0.262. The van der Waals surface area contributed by atoms with Gasteiger partial charge in [-0.3, -0.25) is 0 Å². The summed E-state index contributed by atoms with van der Waals surface area (Å²) in [6.07, 6.45) is -0.974. The first-order valence-electron chi connectivity index (χ1n) is 8.67. The molecule has 4 nitrogen and oxygen atoms in total. The van der Waals surface area contributed by atoms with Gasteiger partial charge in [-0.2, -0.15) is 0 Å². The van der Waals surface area contributed by atoms with Crippen LogP contribution in [-0.4, -0.2) is 30.2 Å². The van der Waals surface area contributed by atoms with E-state index in [4.69, 9.17) is 14.2 Å². The van der Waals surface area contributed by atoms with Crippen LogP contribution in [0, 0.1) is 11.8 Å². The molecule has 0 radical (unpaired) electrons. The second-order valence-corrected chi connectivity index (χ2v) is 7.04. The van der Waals surface area contributed by atoms with Gasteiger partial charge in [0.1, 0.15) is 0 Å². The van der Waals surface area contributed by atoms with E-state index in [0.717, 1.165) is 11.1 Å². The Balaban J connectivity index is 1.69. The first kappa shape index (κ1) is 16.0. The molecule has 128 valence electrons. The highest BCUT2D eigenvalue weighted by atomic mass is 16.6. The fourth-order valence-corrected chi connectivity index (χ4v) is 3.85. The predicted molar refractivity (Wildman–Crippen MR) is 91.4 cm³/mol. The SMILES string of the molecule is CC1C(O)OC2COCc3cc4ccccc4cc3CO[C@@H]1[C@@H]2C. The fourth-order valence-electron chi connectivity index (χ4n) is 3.85. The molecule has 0 aromatic heterocycles. The Hall–Kier alpha value is -1.46. The first-order chi connectivity index (χ1) is 11.6. The van der Waals surface area contributed by atoms with Gasteiger partial charge in [0, 0.05) is 11.8 Å². The molecule has 24 heavy (non-hydrogen) atoms. The Labute approximate surface area is 142 Å². The molecule has 2 heterocycles. The van der Waals surface area contributed by atoms with Gasteiger partial charge in [-0.15, -0.1) is 0 Å². The minimum absolute atomic E-state index is 0.0419. The van der Waals surface area contributed by atoms with E-state index in [2.05, 4.69) is 43.3 Å². The zero-order valence-corrected chi connectivity index (χ0v) is 14.1. The third kappa shape index (κ3) is 2.84. The maximum absolute atomic E-state index is 10.2. The molecule has 1 fully saturated rings. The van der Waals surface area contributed by atoms with E-state index < -0.39 is 6.29 Å². The summed E-state index contributed by atoms with van der Waals surface area (Å²) in [4.78, 5) is 0. The number of rotatable bonds is 0. The van der Waals surface area contributed by atoms with Crippen molar-refractivity contribution in [3.63, 3.8) is 0 Å². The molecule has 0 saturated carbocycles. The highest BCUT2D eigenvalue weighted by Crippen LogP contribution is 2.34. The van der Waals surface area contributed by atoms with Gasteiger partial charge in [-0.05, 0) is 34.0 Å². The Kier molecular flexibility index (Phi) is 4.31. The molecule has 0 spiro atoms. The lowest BCUT2D eigenvalue weighted by atomic mass is 9.85. The van der Waals surface area contributed by atoms with Crippen molar-refractivity contribution in [1.29, 1.82) is 0 Å². The highest BCUT2D eigenvalue weighted by Gasteiger charge is 2.41. The number of fused-ring (bicyclic) bond motifs is 4. The van der Waals surface area contributed by atoms with Crippen LogP contribution in [0.1, 0.15) is 25.0 Å². The van der Waals surface area contributed by atoms with Crippen LogP contribution in [0.5, 0.6) is 0 Å². The molecule has 5 atom stereocenters. The smallest absolute Gasteiger partial charge is 0.160 e. The van der Waals surface area contributed by atoms with Crippen molar-refractivity contribution in [3.05, 3.63) is 47.5 Å². The molecule has 0 amide bonds. The number of ether oxygens (including phenoxy) is 3. The van der Waals surface area contributed by atoms with Gasteiger partial charge in [0.2, 0.25) is 0 Å². The van der Waals surface area contributed by atoms with E-state index in [9.17, 15) is 5.11 Å². The Morgan fingerprint density at radius 1 is 0.958 bits per heavy atom. The van der Waals surface area contributed by atoms with E-state index in [1.54, 1.807) is 0 Å². The van der Waals surface area contributed by atoms with Gasteiger partial charge in [-0.1, -0.05) is 38.1 Å². The van der Waals surface area contributed by atoms with Crippen LogP contribution in [0.2, 0.25) is 0 Å². The maximum Gasteiger partial charge on any atom is 0.160 e. The van der Waals surface area contributed by atoms with Gasteiger partial charge in [0.05, 0.1) is 32.0 Å². The van der Waals surface area contributed by atoms with Crippen LogP contribution < -0.4 is 0 Å². The average molecular weight is 328 g/mol. The summed E-state index contributed by atoms with van der Waals surface area (Å²) < 4.78 is 17.9. The van der Waals surface area contributed by atoms with Crippen LogP contribution in [0.3, 0.4) is 0 Å². The van der Waals surface area contributed by atoms with Crippen LogP contribution in [0.4, 0.5) is 0 Å². The van der Waals surface area contributed by atoms with Crippen LogP contribution in [-0.2, 0) is 27.4 Å². The van der Waals surface area contributed by atoms with Crippen molar-refractivity contribution in [1.82, 2.24) is 0 Å². The molecule has 2 aliphatic rings. The molecule has 1 saturated heterocycles. The molecule has 4 rings (SSSR count). The van der Waals surface area contributed by atoms with Gasteiger partial charge < -0.3 is 19.3 Å². The van der Waals surface area contributed by atoms with Crippen LogP contribution >= 0.6 is 0 Å². The van der Waals surface area contributed by atoms with Crippen molar-refractivity contribution in [2.75, 3.05) is 6.61 Å². The Morgan fingerprint density at radius 2 is 1.62 bits per heavy atom. The second-order valence-electron chi connectivity index (χ2n) is 7.04. The summed E-state index contributed by atoms with van der Waals surface area (Å²) in [6, 6.07) is 12.7. The number of aliphatic hydroxyl groups excluding tert-OH is 1. The topological polar surface area (TPSA) is 47.9 Å². The number of benzene rings is 2. The summed E-state index contributed by atoms with van der Waals surface area (Å²) in [5.74, 6) is 0.130. The predicted octanol–water partition coefficient (Wildman–Crippen LogP) is 3.24. The largest absolute Gasteiger partial charge is 0.374 e. The average Bonchev–Trinajstić information content (AvgIpc) is 2.58. The molecule has 4 heteroatoms. The molecule has 2 aromatic carbocycles. The zero-order valence-electron chi connectivity index (χ0n) is 14.1. The lowest BCUT2D eigenvalue weighted by Crippen LogP contribution is -2.51. The highest BCUT2D eigenvalue weighted by molar-refractivity contribution is 5.84. The standard InChI is InChI=1S/C20H24O4/c1-12-18-11-22-9-16-7-14-5-3-4-6-15(14)8-17(16)10-23-19(12)13(2)20(21)24-18/h3-8,12-13,18-21H,9-11H2,1-2H3/t12-,13?,18?,19-,20?/m1/s1. The van der Waals surface area contributed by atoms with Crippen molar-refractivity contribution in [3.8, 4) is 0 Å². The monoisotopic (exact) mass is 328 g/mol. The van der Waals surface area contributed by atoms with Gasteiger partial charge in [0.15, 0.2) is 6.29 Å². The minimum Gasteiger partial charge on any atom is -0.374 e. The van der Waals surface area contributed by atoms with E-state index in [0.29, 0.717) is 19.8 Å². The Morgan fingerprint density at radius 3 is 2.33 bits per heavy atom. The third-order valence-electron chi connectivity index (χ3n) is 5.43. The van der Waals surface area contributed by atoms with Gasteiger partial charge in [-0.25, -0.2) is 0 Å². The second kappa shape index (κ2) is 6.45. The third-order valence-corrected chi connectivity index (χ3v) is 5.43. The molecular weight excluding hydrogens is 304 g/mol. The number of aliphatic hydroxyl groups is 1. The number of hydrogen-bond donors (Lipinski definition) is 1. The zero-order chi connectivity index (χ0) is 16.7. The van der Waals surface area contributed by atoms with Crippen molar-refractivity contribution in [2.45, 2.75) is 45.6 Å². The Bertz CT molecular complexity index is 729. The van der Waals surface area contributed by atoms with Crippen molar-refractivity contribution in [2.24, 2.45) is 11.8 Å². The molecular formula is C20H24O4. The molecule has 3 unspecified atom stereocenters. The van der Waals surface area contributed by atoms with E-state index in [-0.39, 0.29) is 24.0 Å². The molecule has 0 aliphatic carbocycles. The summed E-state index contributed by atoms with van der Waals surface area (Å²) in [5, 5.41) is 12.6. The fraction of sp³-hybridized carbons (Fsp3) is 0.500. The van der Waals surface area contributed by atoms with Gasteiger partial charge in [0.25, 0.3) is 0 Å². The van der Waals surface area contributed by atoms with Crippen LogP contribution in [0.15, 0.2) is 36.4 Å². The summed E-state index contributed by atoms with van der Waals surface area (Å²) in [6.45, 7) is 5.63. The molecule has 2 bridgehead atoms. The van der Waals surface area contributed by atoms with E-state index >= 15 is 0 Å². The molecule has 1 N–H and O–H groups in total. The van der Waals surface area contributed by atoms with Gasteiger partial charge >= 0.3 is 0 Å². The summed E-state index contributed by atoms with van der Waals surface area (Å²) in [5.41, 5.74) is 2.32. The lowest BCUT2D eigenvalue weighted by Gasteiger charge is -2.43. The first-order valence-corrected chi connectivity index (χ1v) is 8.67. The summed E-state index contributed by atoms with van der Waals surface area (Å²) in [7, 11) is 0. The maximum atomic E-state index is 10.2. The van der Waals surface area contributed by atoms with Crippen molar-refractivity contribution < 1.29 is 19.3 Å². The van der Waals surface area contributed by atoms with Crippen LogP contribution in [0.25, 0.3) is 10.8 Å². The van der Waals surface area contributed by atoms with Crippen molar-refractivity contribution >= 4 is 10.8 Å². The molecule has 2 aliphatic heterocycles. The molecule has 2 aromatic rings. The quantitative estimate of drug-likeness (QED) is 0.806. The van der Waals surface area contributed by atoms with E-state index in [1.165, 1.54) is 10.8 Å². The van der Waals surface area contributed by atoms with E-state index in [1.807, 2.05) is 6.92 Å². The summed E-state index contributed by atoms with van der Waals surface area (Å²) >= 11 is 0. The normalized spacial score (nSPS) is 33.9. The minimum atomic E-state index is -0.796. The number of hydrogen-bond acceptors (Lipinski definition) is 4.